The van der Waals surface area contributed by atoms with Crippen molar-refractivity contribution in [1.82, 2.24) is 0 Å². The van der Waals surface area contributed by atoms with Crippen LogP contribution >= 0.6 is 45.2 Å². The highest BCUT2D eigenvalue weighted by Crippen LogP contribution is 2.26. The van der Waals surface area contributed by atoms with Crippen molar-refractivity contribution in [3.05, 3.63) is 9.53 Å². The predicted molar refractivity (Wildman–Crippen MR) is 68.3 cm³/mol. The fourth-order valence-electron chi connectivity index (χ4n) is 0.840. The van der Waals surface area contributed by atoms with Crippen molar-refractivity contribution in [2.75, 3.05) is 0 Å². The minimum Gasteiger partial charge on any atom is -0.481 e. The normalized spacial score (nSPS) is 12.6. The molecule has 0 spiro atoms. The van der Waals surface area contributed by atoms with Crippen molar-refractivity contribution in [1.29, 1.82) is 0 Å². The van der Waals surface area contributed by atoms with Gasteiger partial charge in [-0.25, -0.2) is 0 Å². The number of alkyl halides is 1. The summed E-state index contributed by atoms with van der Waals surface area (Å²) in [6.07, 6.45) is 4.60. The zero-order valence-corrected chi connectivity index (χ0v) is 11.4. The average molecular weight is 396 g/mol. The molecular weight excluding hydrogens is 382 g/mol. The molecule has 0 radical (unpaired) electrons. The highest BCUT2D eigenvalue weighted by atomic mass is 127. The number of aliphatic hydroxyl groups excluding tert-OH is 1. The van der Waals surface area contributed by atoms with Gasteiger partial charge in [0.05, 0.1) is 3.58 Å². The third kappa shape index (κ3) is 5.45. The van der Waals surface area contributed by atoms with E-state index >= 15 is 0 Å². The van der Waals surface area contributed by atoms with Crippen LogP contribution in [0.2, 0.25) is 0 Å². The van der Waals surface area contributed by atoms with Crippen LogP contribution in [0.4, 0.5) is 0 Å². The molecule has 0 saturated heterocycles. The van der Waals surface area contributed by atoms with E-state index in [2.05, 4.69) is 29.5 Å². The van der Waals surface area contributed by atoms with Crippen LogP contribution < -0.4 is 0 Å². The third-order valence-corrected chi connectivity index (χ3v) is 5.22. The first-order valence-electron chi connectivity index (χ1n) is 4.01. The van der Waals surface area contributed by atoms with Gasteiger partial charge in [0.25, 0.3) is 5.95 Å². The molecule has 2 nitrogen and oxygen atoms in total. The Balaban J connectivity index is 3.72. The minimum atomic E-state index is -0.522. The maximum Gasteiger partial charge on any atom is 0.284 e. The van der Waals surface area contributed by atoms with E-state index in [0.717, 1.165) is 12.8 Å². The van der Waals surface area contributed by atoms with Gasteiger partial charge in [-0.15, -0.1) is 0 Å². The molecule has 0 bridgehead atoms. The van der Waals surface area contributed by atoms with Crippen molar-refractivity contribution in [3.8, 4) is 0 Å². The summed E-state index contributed by atoms with van der Waals surface area (Å²) in [5.41, 5.74) is 0. The Hall–Kier alpha value is 0.800. The first-order chi connectivity index (χ1) is 5.59. The Labute approximate surface area is 101 Å². The summed E-state index contributed by atoms with van der Waals surface area (Å²) < 4.78 is 0.907. The second-order valence-electron chi connectivity index (χ2n) is 2.63. The van der Waals surface area contributed by atoms with Gasteiger partial charge in [-0.3, -0.25) is 0 Å². The number of hydrogen-bond acceptors (Lipinski definition) is 2. The summed E-state index contributed by atoms with van der Waals surface area (Å²) in [6, 6.07) is 0. The van der Waals surface area contributed by atoms with E-state index in [1.54, 1.807) is 0 Å². The molecule has 0 aromatic carbocycles. The highest BCUT2D eigenvalue weighted by Gasteiger charge is 2.11. The summed E-state index contributed by atoms with van der Waals surface area (Å²) in [7, 11) is 0. The monoisotopic (exact) mass is 396 g/mol. The van der Waals surface area contributed by atoms with E-state index in [0.29, 0.717) is 3.58 Å². The molecule has 1 atom stereocenters. The summed E-state index contributed by atoms with van der Waals surface area (Å²) >= 11 is 4.22. The fourth-order valence-corrected chi connectivity index (χ4v) is 1.87. The second kappa shape index (κ2) is 7.23. The topological polar surface area (TPSA) is 40.5 Å². The summed E-state index contributed by atoms with van der Waals surface area (Å²) in [5, 5.41) is 17.5. The molecule has 0 amide bonds. The zero-order chi connectivity index (χ0) is 9.56. The number of rotatable bonds is 5. The molecule has 72 valence electrons. The number of hydrogen-bond donors (Lipinski definition) is 2. The maximum atomic E-state index is 8.77. The van der Waals surface area contributed by atoms with Gasteiger partial charge in [-0.05, 0) is 29.0 Å². The van der Waals surface area contributed by atoms with Crippen LogP contribution in [0.25, 0.3) is 0 Å². The van der Waals surface area contributed by atoms with Gasteiger partial charge in [0.15, 0.2) is 0 Å². The first-order valence-corrected chi connectivity index (χ1v) is 6.33. The molecule has 0 rings (SSSR count). The Morgan fingerprint density at radius 3 is 2.33 bits per heavy atom. The lowest BCUT2D eigenvalue weighted by Gasteiger charge is -2.07. The van der Waals surface area contributed by atoms with Crippen molar-refractivity contribution >= 4 is 45.2 Å². The van der Waals surface area contributed by atoms with E-state index < -0.39 is 5.95 Å². The molecule has 0 aliphatic carbocycles. The van der Waals surface area contributed by atoms with E-state index in [1.165, 1.54) is 12.8 Å². The smallest absolute Gasteiger partial charge is 0.284 e. The van der Waals surface area contributed by atoms with Crippen molar-refractivity contribution in [2.24, 2.45) is 0 Å². The third-order valence-electron chi connectivity index (χ3n) is 1.55. The van der Waals surface area contributed by atoms with Gasteiger partial charge >= 0.3 is 0 Å². The van der Waals surface area contributed by atoms with Gasteiger partial charge < -0.3 is 10.2 Å². The van der Waals surface area contributed by atoms with E-state index in [4.69, 9.17) is 10.2 Å². The zero-order valence-electron chi connectivity index (χ0n) is 7.06. The maximum absolute atomic E-state index is 8.77. The van der Waals surface area contributed by atoms with Crippen molar-refractivity contribution in [3.63, 3.8) is 0 Å². The quantitative estimate of drug-likeness (QED) is 0.318. The Bertz CT molecular complexity index is 153. The van der Waals surface area contributed by atoms with Crippen LogP contribution in [0.3, 0.4) is 0 Å². The van der Waals surface area contributed by atoms with Crippen LogP contribution in [0.15, 0.2) is 9.53 Å². The Morgan fingerprint density at radius 2 is 1.92 bits per heavy atom. The minimum absolute atomic E-state index is 0.250. The molecule has 1 unspecified atom stereocenters. The Kier molecular flexibility index (Phi) is 7.71. The van der Waals surface area contributed by atoms with Crippen LogP contribution in [-0.2, 0) is 0 Å². The summed E-state index contributed by atoms with van der Waals surface area (Å²) in [5.74, 6) is -0.522. The van der Waals surface area contributed by atoms with Gasteiger partial charge in [0.2, 0.25) is 0 Å². The van der Waals surface area contributed by atoms with Crippen LogP contribution in [0.1, 0.15) is 32.6 Å². The van der Waals surface area contributed by atoms with Crippen LogP contribution in [0, 0.1) is 0 Å². The van der Waals surface area contributed by atoms with Crippen LogP contribution in [-0.4, -0.2) is 14.1 Å². The number of aliphatic hydroxyl groups is 2. The highest BCUT2D eigenvalue weighted by molar-refractivity contribution is 14.1. The molecule has 2 N–H and O–H groups in total. The second-order valence-corrected chi connectivity index (χ2v) is 5.30. The standard InChI is InChI=1S/C8H14I2O2/c1-2-3-4-5-6(9)7(10)8(11)12/h6,11-12H,2-5H2,1H3. The molecule has 0 saturated carbocycles. The number of allylic oxidation sites excluding steroid dienone is 1. The Morgan fingerprint density at radius 1 is 1.33 bits per heavy atom. The molecule has 12 heavy (non-hydrogen) atoms. The van der Waals surface area contributed by atoms with Gasteiger partial charge in [-0.1, -0.05) is 48.8 Å². The lowest BCUT2D eigenvalue weighted by molar-refractivity contribution is 0.188. The predicted octanol–water partition coefficient (Wildman–Crippen LogP) is 4.09. The molecule has 0 aliphatic heterocycles. The molecule has 4 heteroatoms. The van der Waals surface area contributed by atoms with Crippen LogP contribution in [0.5, 0.6) is 0 Å². The SMILES string of the molecule is CCCCCC(I)C(I)=C(O)O. The number of unbranched alkanes of at least 4 members (excludes halogenated alkanes) is 2. The first kappa shape index (κ1) is 12.8. The molecule has 0 aliphatic rings. The number of halogens is 2. The largest absolute Gasteiger partial charge is 0.481 e. The van der Waals surface area contributed by atoms with Gasteiger partial charge in [-0.2, -0.15) is 0 Å². The van der Waals surface area contributed by atoms with E-state index in [9.17, 15) is 0 Å². The van der Waals surface area contributed by atoms with Crippen molar-refractivity contribution in [2.45, 2.75) is 36.5 Å². The van der Waals surface area contributed by atoms with Gasteiger partial charge in [0.1, 0.15) is 0 Å². The molecule has 0 heterocycles. The molecule has 0 aromatic rings. The molecule has 0 fully saturated rings. The molecular formula is C8H14I2O2. The van der Waals surface area contributed by atoms with E-state index in [-0.39, 0.29) is 3.92 Å². The molecule has 0 aromatic heterocycles. The van der Waals surface area contributed by atoms with Gasteiger partial charge in [0, 0.05) is 3.92 Å². The summed E-state index contributed by atoms with van der Waals surface area (Å²) in [6.45, 7) is 2.16. The van der Waals surface area contributed by atoms with E-state index in [1.807, 2.05) is 22.6 Å². The van der Waals surface area contributed by atoms with Crippen molar-refractivity contribution < 1.29 is 10.2 Å². The average Bonchev–Trinajstić information content (AvgIpc) is 2.03. The lowest BCUT2D eigenvalue weighted by atomic mass is 10.1. The lowest BCUT2D eigenvalue weighted by Crippen LogP contribution is -2.00. The summed E-state index contributed by atoms with van der Waals surface area (Å²) in [4.78, 5) is 0. The fraction of sp³-hybridized carbons (Fsp3) is 0.750.